The number of Topliss-reactive ketones (excluding diaryl/α,β-unsaturated/α-hetero) is 1. The summed E-state index contributed by atoms with van der Waals surface area (Å²) in [6, 6.07) is 12.9. The van der Waals surface area contributed by atoms with E-state index in [9.17, 15) is 22.8 Å². The van der Waals surface area contributed by atoms with Crippen LogP contribution < -0.4 is 4.90 Å². The number of anilines is 1. The van der Waals surface area contributed by atoms with E-state index in [0.29, 0.717) is 17.7 Å². The molecule has 0 radical (unpaired) electrons. The number of alkyl halides is 3. The molecule has 6 nitrogen and oxygen atoms in total. The third-order valence-electron chi connectivity index (χ3n) is 6.23. The molecule has 1 aliphatic heterocycles. The molecule has 1 aliphatic rings. The molecule has 0 aliphatic carbocycles. The molecule has 0 saturated carbocycles. The molecule has 1 heterocycles. The van der Waals surface area contributed by atoms with E-state index >= 15 is 0 Å². The van der Waals surface area contributed by atoms with Crippen LogP contribution in [0.5, 0.6) is 0 Å². The summed E-state index contributed by atoms with van der Waals surface area (Å²) in [5.74, 6) is -3.03. The highest BCUT2D eigenvalue weighted by Gasteiger charge is 2.46. The summed E-state index contributed by atoms with van der Waals surface area (Å²) in [5, 5.41) is 18.1. The highest BCUT2D eigenvalue weighted by Crippen LogP contribution is 2.44. The van der Waals surface area contributed by atoms with E-state index in [1.54, 1.807) is 45.2 Å². The molecule has 9 heteroatoms. The molecule has 2 aromatic rings. The molecule has 182 valence electrons. The van der Waals surface area contributed by atoms with Gasteiger partial charge in [0, 0.05) is 36.5 Å². The molecule has 0 fully saturated rings. The summed E-state index contributed by atoms with van der Waals surface area (Å²) in [6.07, 6.45) is -4.60. The molecule has 1 N–H and O–H groups in total. The number of amidine groups is 1. The lowest BCUT2D eigenvalue weighted by Gasteiger charge is -2.42. The third kappa shape index (κ3) is 4.83. The zero-order valence-corrected chi connectivity index (χ0v) is 19.8. The minimum atomic E-state index is -4.60. The van der Waals surface area contributed by atoms with E-state index in [0.717, 1.165) is 12.1 Å². The lowest BCUT2D eigenvalue weighted by atomic mass is 9.73. The van der Waals surface area contributed by atoms with Crippen molar-refractivity contribution in [1.29, 1.82) is 10.7 Å². The van der Waals surface area contributed by atoms with Gasteiger partial charge in [-0.05, 0) is 56.7 Å². The summed E-state index contributed by atoms with van der Waals surface area (Å²) in [4.78, 5) is 29.1. The number of carbonyl (C=O) groups is 2. The topological polar surface area (TPSA) is 88.3 Å². The number of hydrogen-bond donors (Lipinski definition) is 1. The molecular formula is C26H25F3N4O2. The first-order valence-corrected chi connectivity index (χ1v) is 10.9. The highest BCUT2D eigenvalue weighted by atomic mass is 19.4. The number of halogens is 3. The lowest BCUT2D eigenvalue weighted by Crippen LogP contribution is -2.50. The quantitative estimate of drug-likeness (QED) is 0.641. The molecular weight excluding hydrogens is 457 g/mol. The highest BCUT2D eigenvalue weighted by molar-refractivity contribution is 6.16. The third-order valence-corrected chi connectivity index (χ3v) is 6.23. The maximum atomic E-state index is 13.5. The fraction of sp³-hybridized carbons (Fsp3) is 0.308. The Morgan fingerprint density at radius 3 is 2.31 bits per heavy atom. The Bertz CT molecular complexity index is 1240. The maximum Gasteiger partial charge on any atom is 0.416 e. The van der Waals surface area contributed by atoms with Crippen LogP contribution in [0.1, 0.15) is 43.4 Å². The minimum absolute atomic E-state index is 0.0382. The number of ketones is 1. The average molecular weight is 483 g/mol. The van der Waals surface area contributed by atoms with Crippen LogP contribution in [0.4, 0.5) is 18.9 Å². The van der Waals surface area contributed by atoms with Crippen LogP contribution in [0.3, 0.4) is 0 Å². The van der Waals surface area contributed by atoms with E-state index in [-0.39, 0.29) is 28.6 Å². The standard InChI is InChI=1S/C26H25F3N4O2/c1-5-32(4)25(35)23-22(18-11-9-17(14-30)10-12-18)21(16(3)34)15(2)33(24(23)31)20-8-6-7-19(13-20)26(27,28)29/h6-13,22-23,31H,5H2,1-4H3. The van der Waals surface area contributed by atoms with E-state index < -0.39 is 29.5 Å². The van der Waals surface area contributed by atoms with Gasteiger partial charge in [0.05, 0.1) is 17.2 Å². The van der Waals surface area contributed by atoms with Crippen molar-refractivity contribution < 1.29 is 22.8 Å². The van der Waals surface area contributed by atoms with E-state index in [1.807, 2.05) is 6.07 Å². The minimum Gasteiger partial charge on any atom is -0.345 e. The van der Waals surface area contributed by atoms with Crippen LogP contribution in [-0.4, -0.2) is 36.0 Å². The van der Waals surface area contributed by atoms with Crippen molar-refractivity contribution in [3.05, 3.63) is 76.5 Å². The predicted molar refractivity (Wildman–Crippen MR) is 126 cm³/mol. The summed E-state index contributed by atoms with van der Waals surface area (Å²) in [5.41, 5.74) is 0.595. The Labute approximate surface area is 201 Å². The van der Waals surface area contributed by atoms with Gasteiger partial charge in [-0.15, -0.1) is 0 Å². The summed E-state index contributed by atoms with van der Waals surface area (Å²) in [7, 11) is 1.57. The van der Waals surface area contributed by atoms with Crippen molar-refractivity contribution in [3.8, 4) is 6.07 Å². The zero-order valence-electron chi connectivity index (χ0n) is 19.8. The Balaban J connectivity index is 2.30. The fourth-order valence-electron chi connectivity index (χ4n) is 4.39. The van der Waals surface area contributed by atoms with Gasteiger partial charge in [0.25, 0.3) is 0 Å². The zero-order chi connectivity index (χ0) is 26.1. The maximum absolute atomic E-state index is 13.5. The van der Waals surface area contributed by atoms with Crippen molar-refractivity contribution in [2.45, 2.75) is 32.9 Å². The second-order valence-electron chi connectivity index (χ2n) is 8.37. The fourth-order valence-corrected chi connectivity index (χ4v) is 4.39. The van der Waals surface area contributed by atoms with Crippen LogP contribution in [0, 0.1) is 22.7 Å². The van der Waals surface area contributed by atoms with E-state index in [1.165, 1.54) is 28.9 Å². The van der Waals surface area contributed by atoms with Gasteiger partial charge >= 0.3 is 6.18 Å². The number of carbonyl (C=O) groups excluding carboxylic acids is 2. The Hall–Kier alpha value is -3.93. The SMILES string of the molecule is CCN(C)C(=O)C1C(=N)N(c2cccc(C(F)(F)F)c2)C(C)=C(C(C)=O)C1c1ccc(C#N)cc1. The number of nitrogens with one attached hydrogen (secondary N) is 1. The average Bonchev–Trinajstić information content (AvgIpc) is 2.82. The molecule has 1 amide bonds. The molecule has 0 bridgehead atoms. The monoisotopic (exact) mass is 482 g/mol. The molecule has 0 saturated heterocycles. The van der Waals surface area contributed by atoms with Gasteiger partial charge < -0.3 is 9.80 Å². The number of hydrogen-bond acceptors (Lipinski definition) is 4. The van der Waals surface area contributed by atoms with Crippen molar-refractivity contribution >= 4 is 23.2 Å². The van der Waals surface area contributed by atoms with Gasteiger partial charge in [0.2, 0.25) is 5.91 Å². The smallest absolute Gasteiger partial charge is 0.345 e. The molecule has 0 spiro atoms. The Morgan fingerprint density at radius 2 is 1.80 bits per heavy atom. The predicted octanol–water partition coefficient (Wildman–Crippen LogP) is 5.12. The van der Waals surface area contributed by atoms with E-state index in [4.69, 9.17) is 10.7 Å². The van der Waals surface area contributed by atoms with E-state index in [2.05, 4.69) is 0 Å². The number of amides is 1. The normalized spacial score (nSPS) is 18.3. The molecule has 2 unspecified atom stereocenters. The lowest BCUT2D eigenvalue weighted by molar-refractivity contribution is -0.137. The van der Waals surface area contributed by atoms with Crippen molar-refractivity contribution in [3.63, 3.8) is 0 Å². The van der Waals surface area contributed by atoms with Crippen LogP contribution in [-0.2, 0) is 15.8 Å². The second kappa shape index (κ2) is 9.74. The van der Waals surface area contributed by atoms with Crippen molar-refractivity contribution in [2.24, 2.45) is 5.92 Å². The molecule has 0 aromatic heterocycles. The number of rotatable bonds is 5. The van der Waals surface area contributed by atoms with Gasteiger partial charge in [-0.25, -0.2) is 0 Å². The van der Waals surface area contributed by atoms with Crippen molar-refractivity contribution in [2.75, 3.05) is 18.5 Å². The molecule has 3 rings (SSSR count). The van der Waals surface area contributed by atoms with Gasteiger partial charge in [-0.1, -0.05) is 18.2 Å². The number of allylic oxidation sites excluding steroid dienone is 2. The summed E-state index contributed by atoms with van der Waals surface area (Å²) >= 11 is 0. The number of nitrogens with zero attached hydrogens (tertiary/aromatic N) is 3. The Kier molecular flexibility index (Phi) is 7.15. The Morgan fingerprint density at radius 1 is 1.17 bits per heavy atom. The van der Waals surface area contributed by atoms with Crippen LogP contribution in [0.15, 0.2) is 59.8 Å². The van der Waals surface area contributed by atoms with Gasteiger partial charge in [0.15, 0.2) is 5.78 Å². The largest absolute Gasteiger partial charge is 0.416 e. The second-order valence-corrected chi connectivity index (χ2v) is 8.37. The summed E-state index contributed by atoms with van der Waals surface area (Å²) < 4.78 is 40.2. The van der Waals surface area contributed by atoms with Crippen LogP contribution in [0.25, 0.3) is 0 Å². The molecule has 2 aromatic carbocycles. The van der Waals surface area contributed by atoms with Crippen molar-refractivity contribution in [1.82, 2.24) is 4.90 Å². The first-order valence-electron chi connectivity index (χ1n) is 10.9. The van der Waals surface area contributed by atoms with Gasteiger partial charge in [0.1, 0.15) is 11.8 Å². The molecule has 35 heavy (non-hydrogen) atoms. The summed E-state index contributed by atoms with van der Waals surface area (Å²) in [6.45, 7) is 5.00. The first-order chi connectivity index (χ1) is 16.4. The number of benzene rings is 2. The van der Waals surface area contributed by atoms with Gasteiger partial charge in [-0.3, -0.25) is 15.0 Å². The van der Waals surface area contributed by atoms with Crippen LogP contribution in [0.2, 0.25) is 0 Å². The number of nitriles is 1. The van der Waals surface area contributed by atoms with Crippen LogP contribution >= 0.6 is 0 Å². The first kappa shape index (κ1) is 25.7. The molecule has 2 atom stereocenters. The van der Waals surface area contributed by atoms with Gasteiger partial charge in [-0.2, -0.15) is 18.4 Å².